The first-order chi connectivity index (χ1) is 15.1. The largest absolute Gasteiger partial charge is 0.376 e. The van der Waals surface area contributed by atoms with E-state index in [9.17, 15) is 0 Å². The minimum atomic E-state index is 0. The Balaban J connectivity index is 0.00000363. The highest BCUT2D eigenvalue weighted by Crippen LogP contribution is 2.26. The van der Waals surface area contributed by atoms with Crippen molar-refractivity contribution in [3.63, 3.8) is 0 Å². The van der Waals surface area contributed by atoms with Crippen LogP contribution in [-0.4, -0.2) is 59.5 Å². The zero-order valence-electron chi connectivity index (χ0n) is 20.1. The summed E-state index contributed by atoms with van der Waals surface area (Å²) in [5, 5.41) is 13.9. The van der Waals surface area contributed by atoms with Crippen LogP contribution in [0.15, 0.2) is 22.5 Å². The summed E-state index contributed by atoms with van der Waals surface area (Å²) in [7, 11) is 2.03. The molecule has 0 saturated carbocycles. The highest BCUT2D eigenvalue weighted by atomic mass is 127. The molecule has 0 spiro atoms. The van der Waals surface area contributed by atoms with Crippen molar-refractivity contribution in [3.8, 4) is 0 Å². The Kier molecular flexibility index (Phi) is 11.4. The summed E-state index contributed by atoms with van der Waals surface area (Å²) < 4.78 is 7.78. The second kappa shape index (κ2) is 13.5. The maximum atomic E-state index is 5.77. The lowest BCUT2D eigenvalue weighted by atomic mass is 10.1. The van der Waals surface area contributed by atoms with Gasteiger partial charge in [0.2, 0.25) is 0 Å². The average molecular weight is 575 g/mol. The number of guanidine groups is 1. The molecule has 7 nitrogen and oxygen atoms in total. The number of thiophene rings is 1. The van der Waals surface area contributed by atoms with E-state index in [2.05, 4.69) is 65.8 Å². The molecule has 2 atom stereocenters. The number of aromatic nitrogens is 2. The lowest BCUT2D eigenvalue weighted by Crippen LogP contribution is -2.48. The Labute approximate surface area is 214 Å². The Morgan fingerprint density at radius 3 is 2.75 bits per heavy atom. The van der Waals surface area contributed by atoms with Crippen LogP contribution in [0, 0.1) is 0 Å². The topological polar surface area (TPSA) is 66.7 Å². The van der Waals surface area contributed by atoms with Crippen LogP contribution in [0.5, 0.6) is 0 Å². The molecule has 0 aromatic carbocycles. The molecule has 2 unspecified atom stereocenters. The third-order valence-corrected chi connectivity index (χ3v) is 6.79. The molecular formula is C23H39IN6OS. The number of aliphatic imine (C=N–C) groups is 1. The van der Waals surface area contributed by atoms with E-state index in [-0.39, 0.29) is 30.1 Å². The van der Waals surface area contributed by atoms with E-state index in [1.807, 2.05) is 23.1 Å². The molecular weight excluding hydrogens is 535 g/mol. The predicted octanol–water partition coefficient (Wildman–Crippen LogP) is 3.74. The fourth-order valence-electron chi connectivity index (χ4n) is 4.28. The van der Waals surface area contributed by atoms with Gasteiger partial charge in [0.25, 0.3) is 0 Å². The van der Waals surface area contributed by atoms with E-state index in [0.29, 0.717) is 12.6 Å². The molecule has 0 aliphatic carbocycles. The molecule has 3 heterocycles. The van der Waals surface area contributed by atoms with Gasteiger partial charge in [0, 0.05) is 49.4 Å². The van der Waals surface area contributed by atoms with E-state index >= 15 is 0 Å². The number of rotatable bonds is 9. The zero-order chi connectivity index (χ0) is 22.2. The number of nitrogens with zero attached hydrogens (tertiary/aromatic N) is 4. The van der Waals surface area contributed by atoms with Crippen LogP contribution in [-0.2, 0) is 31.2 Å². The minimum absolute atomic E-state index is 0. The van der Waals surface area contributed by atoms with Gasteiger partial charge in [0.05, 0.1) is 31.0 Å². The standard InChI is InChI=1S/C23H38N6OS.HI/c1-6-19-18(20(7-2)28(5)27-19)14-25-23(24-8-3)26-15-21(22-10-9-13-31-22)29-11-12-30-17(4)16-29;/h9-10,13,17,21H,6-8,11-12,14-16H2,1-5H3,(H2,24,25,26);1H. The first kappa shape index (κ1) is 27.1. The van der Waals surface area contributed by atoms with Gasteiger partial charge >= 0.3 is 0 Å². The van der Waals surface area contributed by atoms with Crippen LogP contribution in [0.4, 0.5) is 0 Å². The van der Waals surface area contributed by atoms with Crippen LogP contribution >= 0.6 is 35.3 Å². The summed E-state index contributed by atoms with van der Waals surface area (Å²) in [4.78, 5) is 8.84. The first-order valence-electron chi connectivity index (χ1n) is 11.5. The highest BCUT2D eigenvalue weighted by Gasteiger charge is 2.26. The third-order valence-electron chi connectivity index (χ3n) is 5.82. The van der Waals surface area contributed by atoms with Crippen molar-refractivity contribution in [1.82, 2.24) is 25.3 Å². The summed E-state index contributed by atoms with van der Waals surface area (Å²) in [5.41, 5.74) is 3.69. The van der Waals surface area contributed by atoms with Crippen molar-refractivity contribution in [2.75, 3.05) is 32.8 Å². The van der Waals surface area contributed by atoms with Crippen molar-refractivity contribution in [2.45, 2.75) is 59.2 Å². The molecule has 9 heteroatoms. The third kappa shape index (κ3) is 6.91. The van der Waals surface area contributed by atoms with Crippen LogP contribution in [0.25, 0.3) is 0 Å². The summed E-state index contributed by atoms with van der Waals surface area (Å²) in [6, 6.07) is 4.68. The van der Waals surface area contributed by atoms with Gasteiger partial charge in [0.1, 0.15) is 0 Å². The molecule has 0 radical (unpaired) electrons. The van der Waals surface area contributed by atoms with Gasteiger partial charge in [-0.05, 0) is 38.1 Å². The Hall–Kier alpha value is -1.17. The number of hydrogen-bond acceptors (Lipinski definition) is 5. The molecule has 3 rings (SSSR count). The van der Waals surface area contributed by atoms with Gasteiger partial charge in [-0.3, -0.25) is 9.58 Å². The van der Waals surface area contributed by atoms with Crippen molar-refractivity contribution < 1.29 is 4.74 Å². The lowest BCUT2D eigenvalue weighted by Gasteiger charge is -2.37. The van der Waals surface area contributed by atoms with Crippen LogP contribution in [0.2, 0.25) is 0 Å². The summed E-state index contributed by atoms with van der Waals surface area (Å²) >= 11 is 1.82. The lowest BCUT2D eigenvalue weighted by molar-refractivity contribution is -0.0334. The van der Waals surface area contributed by atoms with Crippen molar-refractivity contribution in [1.29, 1.82) is 0 Å². The van der Waals surface area contributed by atoms with Crippen molar-refractivity contribution in [2.24, 2.45) is 12.0 Å². The zero-order valence-corrected chi connectivity index (χ0v) is 23.2. The number of aryl methyl sites for hydroxylation is 2. The van der Waals surface area contributed by atoms with Crippen LogP contribution < -0.4 is 10.6 Å². The normalized spacial score (nSPS) is 18.3. The van der Waals surface area contributed by atoms with Crippen molar-refractivity contribution in [3.05, 3.63) is 39.3 Å². The number of hydrogen-bond donors (Lipinski definition) is 2. The number of ether oxygens (including phenoxy) is 1. The van der Waals surface area contributed by atoms with Crippen molar-refractivity contribution >= 4 is 41.3 Å². The molecule has 1 saturated heterocycles. The van der Waals surface area contributed by atoms with E-state index in [4.69, 9.17) is 9.73 Å². The second-order valence-electron chi connectivity index (χ2n) is 7.99. The fourth-order valence-corrected chi connectivity index (χ4v) is 5.15. The molecule has 2 N–H and O–H groups in total. The first-order valence-corrected chi connectivity index (χ1v) is 12.4. The molecule has 2 aromatic heterocycles. The monoisotopic (exact) mass is 574 g/mol. The van der Waals surface area contributed by atoms with Gasteiger partial charge in [-0.2, -0.15) is 5.10 Å². The maximum Gasteiger partial charge on any atom is 0.191 e. The number of halogens is 1. The predicted molar refractivity (Wildman–Crippen MR) is 144 cm³/mol. The van der Waals surface area contributed by atoms with Gasteiger partial charge in [0.15, 0.2) is 5.96 Å². The molecule has 1 aliphatic rings. The summed E-state index contributed by atoms with van der Waals surface area (Å²) in [6.07, 6.45) is 2.16. The second-order valence-corrected chi connectivity index (χ2v) is 8.97. The molecule has 1 aliphatic heterocycles. The smallest absolute Gasteiger partial charge is 0.191 e. The Bertz CT molecular complexity index is 838. The molecule has 32 heavy (non-hydrogen) atoms. The molecule has 2 aromatic rings. The van der Waals surface area contributed by atoms with E-state index in [0.717, 1.165) is 57.3 Å². The summed E-state index contributed by atoms with van der Waals surface area (Å²) in [6.45, 7) is 13.6. The molecule has 180 valence electrons. The Morgan fingerprint density at radius 2 is 2.12 bits per heavy atom. The van der Waals surface area contributed by atoms with E-state index in [1.165, 1.54) is 16.1 Å². The highest BCUT2D eigenvalue weighted by molar-refractivity contribution is 14.0. The van der Waals surface area contributed by atoms with Gasteiger partial charge in [-0.25, -0.2) is 4.99 Å². The Morgan fingerprint density at radius 1 is 1.31 bits per heavy atom. The molecule has 1 fully saturated rings. The van der Waals surface area contributed by atoms with Gasteiger partial charge in [-0.15, -0.1) is 35.3 Å². The van der Waals surface area contributed by atoms with Crippen LogP contribution in [0.3, 0.4) is 0 Å². The number of morpholine rings is 1. The average Bonchev–Trinajstić information content (AvgIpc) is 3.39. The minimum Gasteiger partial charge on any atom is -0.376 e. The quantitative estimate of drug-likeness (QED) is 0.272. The number of nitrogens with one attached hydrogen (secondary N) is 2. The SMILES string of the molecule is CCNC(=NCc1c(CC)nn(C)c1CC)NCC(c1cccs1)N1CCOC(C)C1.I. The van der Waals surface area contributed by atoms with Gasteiger partial charge < -0.3 is 15.4 Å². The van der Waals surface area contributed by atoms with E-state index < -0.39 is 0 Å². The molecule has 0 amide bonds. The maximum absolute atomic E-state index is 5.77. The fraction of sp³-hybridized carbons (Fsp3) is 0.652. The molecule has 0 bridgehead atoms. The van der Waals surface area contributed by atoms with Gasteiger partial charge in [-0.1, -0.05) is 19.9 Å². The van der Waals surface area contributed by atoms with E-state index in [1.54, 1.807) is 0 Å². The van der Waals surface area contributed by atoms with Crippen LogP contribution in [0.1, 0.15) is 55.6 Å². The summed E-state index contributed by atoms with van der Waals surface area (Å²) in [5.74, 6) is 0.860.